The van der Waals surface area contributed by atoms with Crippen molar-refractivity contribution in [1.29, 1.82) is 0 Å². The molecule has 0 spiro atoms. The quantitative estimate of drug-likeness (QED) is 0.753. The van der Waals surface area contributed by atoms with Crippen LogP contribution in [0.2, 0.25) is 0 Å². The SMILES string of the molecule is COc1ccc(C(=O)N2CCCC(C(=O)NCc3ccccc3)CCNC(=O)CC2)cc1. The van der Waals surface area contributed by atoms with Crippen molar-refractivity contribution in [3.05, 3.63) is 65.7 Å². The van der Waals surface area contributed by atoms with Gasteiger partial charge in [-0.25, -0.2) is 0 Å². The summed E-state index contributed by atoms with van der Waals surface area (Å²) in [5.74, 6) is 0.223. The highest BCUT2D eigenvalue weighted by Gasteiger charge is 2.22. The molecule has 2 aromatic carbocycles. The Hall–Kier alpha value is -3.35. The van der Waals surface area contributed by atoms with Gasteiger partial charge in [0.2, 0.25) is 11.8 Å². The number of amides is 3. The van der Waals surface area contributed by atoms with Crippen molar-refractivity contribution < 1.29 is 19.1 Å². The maximum atomic E-state index is 13.0. The second-order valence-corrected chi connectivity index (χ2v) is 7.95. The summed E-state index contributed by atoms with van der Waals surface area (Å²) in [6.07, 6.45) is 2.17. The zero-order valence-corrected chi connectivity index (χ0v) is 18.5. The Kier molecular flexibility index (Phi) is 8.66. The lowest BCUT2D eigenvalue weighted by Crippen LogP contribution is -2.35. The summed E-state index contributed by atoms with van der Waals surface area (Å²) in [7, 11) is 1.58. The second kappa shape index (κ2) is 11.9. The van der Waals surface area contributed by atoms with E-state index in [1.807, 2.05) is 30.3 Å². The van der Waals surface area contributed by atoms with E-state index in [9.17, 15) is 14.4 Å². The Morgan fingerprint density at radius 3 is 2.53 bits per heavy atom. The number of nitrogens with one attached hydrogen (secondary N) is 2. The lowest BCUT2D eigenvalue weighted by atomic mass is 9.97. The first-order valence-corrected chi connectivity index (χ1v) is 11.1. The summed E-state index contributed by atoms with van der Waals surface area (Å²) >= 11 is 0. The van der Waals surface area contributed by atoms with E-state index in [4.69, 9.17) is 4.74 Å². The standard InChI is InChI=1S/C25H31N3O4/c1-32-22-11-9-21(10-12-22)25(31)28-16-5-8-20(13-15-26-23(29)14-17-28)24(30)27-18-19-6-3-2-4-7-19/h2-4,6-7,9-12,20H,5,8,13-18H2,1H3,(H,26,29)(H,27,30). The highest BCUT2D eigenvalue weighted by atomic mass is 16.5. The summed E-state index contributed by atoms with van der Waals surface area (Å²) in [4.78, 5) is 39.7. The number of hydrogen-bond donors (Lipinski definition) is 2. The van der Waals surface area contributed by atoms with Crippen LogP contribution < -0.4 is 15.4 Å². The topological polar surface area (TPSA) is 87.7 Å². The van der Waals surface area contributed by atoms with Crippen molar-refractivity contribution >= 4 is 17.7 Å². The molecule has 1 fully saturated rings. The first kappa shape index (κ1) is 23.3. The van der Waals surface area contributed by atoms with Gasteiger partial charge in [-0.2, -0.15) is 0 Å². The van der Waals surface area contributed by atoms with Crippen LogP contribution in [-0.4, -0.2) is 49.4 Å². The van der Waals surface area contributed by atoms with Crippen LogP contribution in [0.3, 0.4) is 0 Å². The zero-order valence-electron chi connectivity index (χ0n) is 18.5. The molecule has 0 saturated carbocycles. The van der Waals surface area contributed by atoms with Crippen LogP contribution in [0.1, 0.15) is 41.6 Å². The van der Waals surface area contributed by atoms with E-state index in [0.29, 0.717) is 56.8 Å². The van der Waals surface area contributed by atoms with Crippen LogP contribution in [-0.2, 0) is 16.1 Å². The smallest absolute Gasteiger partial charge is 0.253 e. The largest absolute Gasteiger partial charge is 0.497 e. The van der Waals surface area contributed by atoms with E-state index in [1.165, 1.54) is 0 Å². The highest BCUT2D eigenvalue weighted by Crippen LogP contribution is 2.17. The van der Waals surface area contributed by atoms with Crippen LogP contribution in [0, 0.1) is 5.92 Å². The normalized spacial score (nSPS) is 17.6. The molecule has 0 bridgehead atoms. The van der Waals surface area contributed by atoms with Gasteiger partial charge < -0.3 is 20.3 Å². The van der Waals surface area contributed by atoms with Gasteiger partial charge in [-0.05, 0) is 49.1 Å². The van der Waals surface area contributed by atoms with Crippen LogP contribution in [0.25, 0.3) is 0 Å². The number of ether oxygens (including phenoxy) is 1. The van der Waals surface area contributed by atoms with Gasteiger partial charge in [0.05, 0.1) is 7.11 Å². The fourth-order valence-electron chi connectivity index (χ4n) is 3.81. The van der Waals surface area contributed by atoms with Crippen molar-refractivity contribution in [2.75, 3.05) is 26.7 Å². The van der Waals surface area contributed by atoms with Crippen molar-refractivity contribution in [1.82, 2.24) is 15.5 Å². The van der Waals surface area contributed by atoms with Gasteiger partial charge in [0, 0.05) is 44.1 Å². The third-order valence-electron chi connectivity index (χ3n) is 5.71. The van der Waals surface area contributed by atoms with E-state index in [1.54, 1.807) is 36.3 Å². The lowest BCUT2D eigenvalue weighted by molar-refractivity contribution is -0.126. The molecule has 0 aromatic heterocycles. The molecule has 0 radical (unpaired) electrons. The summed E-state index contributed by atoms with van der Waals surface area (Å²) in [5, 5.41) is 5.89. The van der Waals surface area contributed by atoms with Gasteiger partial charge in [0.25, 0.3) is 5.91 Å². The summed E-state index contributed by atoms with van der Waals surface area (Å²) in [6, 6.07) is 16.7. The monoisotopic (exact) mass is 437 g/mol. The molecule has 2 N–H and O–H groups in total. The molecule has 3 rings (SSSR count). The number of hydrogen-bond acceptors (Lipinski definition) is 4. The fourth-order valence-corrected chi connectivity index (χ4v) is 3.81. The number of carbonyl (C=O) groups is 3. The third kappa shape index (κ3) is 6.83. The van der Waals surface area contributed by atoms with Crippen LogP contribution in [0.4, 0.5) is 0 Å². The van der Waals surface area contributed by atoms with Crippen molar-refractivity contribution in [3.63, 3.8) is 0 Å². The number of rotatable bonds is 5. The maximum absolute atomic E-state index is 13.0. The predicted molar refractivity (Wildman–Crippen MR) is 122 cm³/mol. The van der Waals surface area contributed by atoms with Gasteiger partial charge in [-0.1, -0.05) is 30.3 Å². The van der Waals surface area contributed by atoms with Gasteiger partial charge in [-0.15, -0.1) is 0 Å². The third-order valence-corrected chi connectivity index (χ3v) is 5.71. The Labute approximate surface area is 189 Å². The minimum Gasteiger partial charge on any atom is -0.497 e. The molecule has 3 amide bonds. The molecular formula is C25H31N3O4. The van der Waals surface area contributed by atoms with Gasteiger partial charge in [0.15, 0.2) is 0 Å². The molecule has 7 heteroatoms. The molecule has 170 valence electrons. The Morgan fingerprint density at radius 2 is 1.81 bits per heavy atom. The van der Waals surface area contributed by atoms with Crippen molar-refractivity contribution in [2.45, 2.75) is 32.2 Å². The maximum Gasteiger partial charge on any atom is 0.253 e. The van der Waals surface area contributed by atoms with E-state index in [2.05, 4.69) is 10.6 Å². The first-order chi connectivity index (χ1) is 15.6. The molecule has 1 aliphatic rings. The van der Waals surface area contributed by atoms with Gasteiger partial charge in [0.1, 0.15) is 5.75 Å². The molecule has 7 nitrogen and oxygen atoms in total. The lowest BCUT2D eigenvalue weighted by Gasteiger charge is -2.23. The molecule has 1 aliphatic heterocycles. The van der Waals surface area contributed by atoms with Crippen LogP contribution in [0.15, 0.2) is 54.6 Å². The molecule has 2 aromatic rings. The van der Waals surface area contributed by atoms with Crippen LogP contribution >= 0.6 is 0 Å². The Morgan fingerprint density at radius 1 is 1.06 bits per heavy atom. The van der Waals surface area contributed by atoms with Gasteiger partial charge >= 0.3 is 0 Å². The van der Waals surface area contributed by atoms with E-state index >= 15 is 0 Å². The molecule has 1 unspecified atom stereocenters. The van der Waals surface area contributed by atoms with Crippen LogP contribution in [0.5, 0.6) is 5.75 Å². The minimum atomic E-state index is -0.213. The molecule has 1 saturated heterocycles. The molecule has 1 atom stereocenters. The molecule has 0 aliphatic carbocycles. The average Bonchev–Trinajstić information content (AvgIpc) is 2.87. The van der Waals surface area contributed by atoms with E-state index in [-0.39, 0.29) is 30.1 Å². The summed E-state index contributed by atoms with van der Waals surface area (Å²) < 4.78 is 5.16. The van der Waals surface area contributed by atoms with Gasteiger partial charge in [-0.3, -0.25) is 14.4 Å². The average molecular weight is 438 g/mol. The summed E-state index contributed by atoms with van der Waals surface area (Å²) in [5.41, 5.74) is 1.60. The number of methoxy groups -OCH3 is 1. The number of nitrogens with zero attached hydrogens (tertiary/aromatic N) is 1. The number of carbonyl (C=O) groups excluding carboxylic acids is 3. The summed E-state index contributed by atoms with van der Waals surface area (Å²) in [6.45, 7) is 1.78. The van der Waals surface area contributed by atoms with Crippen molar-refractivity contribution in [3.8, 4) is 5.75 Å². The molecular weight excluding hydrogens is 406 g/mol. The molecule has 32 heavy (non-hydrogen) atoms. The van der Waals surface area contributed by atoms with E-state index in [0.717, 1.165) is 5.56 Å². The van der Waals surface area contributed by atoms with Crippen molar-refractivity contribution in [2.24, 2.45) is 5.92 Å². The van der Waals surface area contributed by atoms with E-state index < -0.39 is 0 Å². The highest BCUT2D eigenvalue weighted by molar-refractivity contribution is 5.94. The molecule has 1 heterocycles. The minimum absolute atomic E-state index is 0.0182. The fraction of sp³-hybridized carbons (Fsp3) is 0.400. The Bertz CT molecular complexity index is 899. The Balaban J connectivity index is 1.62. The predicted octanol–water partition coefficient (Wildman–Crippen LogP) is 2.76. The first-order valence-electron chi connectivity index (χ1n) is 11.1. The second-order valence-electron chi connectivity index (χ2n) is 7.95. The zero-order chi connectivity index (χ0) is 22.8. The number of benzene rings is 2.